The van der Waals surface area contributed by atoms with E-state index in [-0.39, 0.29) is 18.2 Å². The van der Waals surface area contributed by atoms with Crippen LogP contribution in [0.1, 0.15) is 30.0 Å². The van der Waals surface area contributed by atoms with Gasteiger partial charge in [-0.15, -0.1) is 0 Å². The second-order valence-electron chi connectivity index (χ2n) is 8.44. The minimum atomic E-state index is -0.635. The largest absolute Gasteiger partial charge is 0.493 e. The summed E-state index contributed by atoms with van der Waals surface area (Å²) < 4.78 is 11.7. The topological polar surface area (TPSA) is 67.9 Å². The van der Waals surface area contributed by atoms with Crippen LogP contribution in [0, 0.1) is 0 Å². The van der Waals surface area contributed by atoms with Gasteiger partial charge in [0.05, 0.1) is 14.2 Å². The lowest BCUT2D eigenvalue weighted by Gasteiger charge is -2.31. The van der Waals surface area contributed by atoms with Gasteiger partial charge in [0.1, 0.15) is 6.04 Å². The highest BCUT2D eigenvalue weighted by Gasteiger charge is 2.30. The summed E-state index contributed by atoms with van der Waals surface area (Å²) in [7, 11) is 3.18. The lowest BCUT2D eigenvalue weighted by molar-refractivity contribution is -0.141. The Balaban J connectivity index is 1.88. The molecule has 1 N–H and O–H groups in total. The van der Waals surface area contributed by atoms with Gasteiger partial charge in [-0.2, -0.15) is 0 Å². The van der Waals surface area contributed by atoms with Gasteiger partial charge < -0.3 is 19.7 Å². The molecule has 3 rings (SSSR count). The first kappa shape index (κ1) is 27.3. The Morgan fingerprint density at radius 3 is 2.28 bits per heavy atom. The van der Waals surface area contributed by atoms with E-state index < -0.39 is 6.04 Å². The number of ether oxygens (including phenoxy) is 2. The minimum absolute atomic E-state index is 0.0862. The van der Waals surface area contributed by atoms with Crippen molar-refractivity contribution in [3.63, 3.8) is 0 Å². The number of nitrogens with zero attached hydrogens (tertiary/aromatic N) is 1. The van der Waals surface area contributed by atoms with Crippen molar-refractivity contribution in [3.8, 4) is 11.5 Å². The van der Waals surface area contributed by atoms with E-state index in [2.05, 4.69) is 21.2 Å². The summed E-state index contributed by atoms with van der Waals surface area (Å²) >= 11 is 3.52. The Hall–Kier alpha value is -3.32. The average Bonchev–Trinajstić information content (AvgIpc) is 2.89. The molecule has 36 heavy (non-hydrogen) atoms. The zero-order valence-electron chi connectivity index (χ0n) is 21.0. The maximum Gasteiger partial charge on any atom is 0.243 e. The molecule has 6 nitrogen and oxygen atoms in total. The Kier molecular flexibility index (Phi) is 10.4. The van der Waals surface area contributed by atoms with E-state index in [1.165, 1.54) is 0 Å². The van der Waals surface area contributed by atoms with Crippen LogP contribution in [0.15, 0.2) is 77.3 Å². The molecular weight excluding hydrogens is 520 g/mol. The molecule has 0 heterocycles. The minimum Gasteiger partial charge on any atom is -0.493 e. The second kappa shape index (κ2) is 13.7. The van der Waals surface area contributed by atoms with Crippen LogP contribution in [-0.4, -0.2) is 43.5 Å². The van der Waals surface area contributed by atoms with Crippen molar-refractivity contribution in [1.82, 2.24) is 10.2 Å². The molecule has 0 saturated heterocycles. The molecule has 0 aromatic heterocycles. The molecule has 0 spiro atoms. The number of nitrogens with one attached hydrogen (secondary N) is 1. The summed E-state index contributed by atoms with van der Waals surface area (Å²) in [6.07, 6.45) is 1.21. The van der Waals surface area contributed by atoms with Gasteiger partial charge in [0.2, 0.25) is 11.8 Å². The van der Waals surface area contributed by atoms with E-state index >= 15 is 0 Å². The number of carbonyl (C=O) groups is 2. The number of methoxy groups -OCH3 is 2. The van der Waals surface area contributed by atoms with E-state index in [0.717, 1.165) is 21.2 Å². The monoisotopic (exact) mass is 552 g/mol. The average molecular weight is 553 g/mol. The third-order valence-electron chi connectivity index (χ3n) is 5.94. The van der Waals surface area contributed by atoms with Crippen molar-refractivity contribution in [2.75, 3.05) is 20.8 Å². The first-order valence-corrected chi connectivity index (χ1v) is 12.8. The summed E-state index contributed by atoms with van der Waals surface area (Å²) in [6.45, 7) is 2.71. The molecule has 0 unspecified atom stereocenters. The SMILES string of the molecule is CCNC(=O)[C@H](Cc1ccccc1)N(Cc1cccc(Br)c1)C(=O)CCc1ccc(OC)c(OC)c1. The maximum atomic E-state index is 13.7. The van der Waals surface area contributed by atoms with Crippen LogP contribution in [0.25, 0.3) is 0 Å². The molecule has 190 valence electrons. The summed E-state index contributed by atoms with van der Waals surface area (Å²) in [5, 5.41) is 2.93. The first-order valence-electron chi connectivity index (χ1n) is 12.0. The molecular formula is C29H33BrN2O4. The lowest BCUT2D eigenvalue weighted by Crippen LogP contribution is -2.50. The number of carbonyl (C=O) groups excluding carboxylic acids is 2. The number of aryl methyl sites for hydroxylation is 1. The fraction of sp³-hybridized carbons (Fsp3) is 0.310. The molecule has 0 aliphatic heterocycles. The van der Waals surface area contributed by atoms with Crippen molar-refractivity contribution in [2.45, 2.75) is 38.8 Å². The standard InChI is InChI=1S/C29H33BrN2O4/c1-4-31-29(34)25(18-21-9-6-5-7-10-21)32(20-23-11-8-12-24(30)17-23)28(33)16-14-22-13-15-26(35-2)27(19-22)36-3/h5-13,15,17,19,25H,4,14,16,18,20H2,1-3H3,(H,31,34)/t25-/m0/s1. The molecule has 0 radical (unpaired) electrons. The summed E-state index contributed by atoms with van der Waals surface area (Å²) in [6, 6.07) is 22.6. The highest BCUT2D eigenvalue weighted by atomic mass is 79.9. The third-order valence-corrected chi connectivity index (χ3v) is 6.43. The van der Waals surface area contributed by atoms with Gasteiger partial charge in [-0.3, -0.25) is 9.59 Å². The number of hydrogen-bond acceptors (Lipinski definition) is 4. The van der Waals surface area contributed by atoms with E-state index in [4.69, 9.17) is 9.47 Å². The zero-order valence-corrected chi connectivity index (χ0v) is 22.6. The molecule has 3 aromatic rings. The highest BCUT2D eigenvalue weighted by molar-refractivity contribution is 9.10. The molecule has 0 aliphatic rings. The van der Waals surface area contributed by atoms with Gasteiger partial charge >= 0.3 is 0 Å². The van der Waals surface area contributed by atoms with Crippen molar-refractivity contribution in [3.05, 3.63) is 94.0 Å². The Bertz CT molecular complexity index is 1150. The summed E-state index contributed by atoms with van der Waals surface area (Å²) in [4.78, 5) is 28.6. The second-order valence-corrected chi connectivity index (χ2v) is 9.36. The van der Waals surface area contributed by atoms with E-state index in [1.54, 1.807) is 19.1 Å². The van der Waals surface area contributed by atoms with Crippen molar-refractivity contribution in [1.29, 1.82) is 0 Å². The number of halogens is 1. The Labute approximate surface area is 221 Å². The Morgan fingerprint density at radius 2 is 1.61 bits per heavy atom. The highest BCUT2D eigenvalue weighted by Crippen LogP contribution is 2.28. The molecule has 0 aliphatic carbocycles. The fourth-order valence-electron chi connectivity index (χ4n) is 4.11. The normalized spacial score (nSPS) is 11.4. The first-order chi connectivity index (χ1) is 17.4. The number of likely N-dealkylation sites (N-methyl/N-ethyl adjacent to an activating group) is 1. The molecule has 3 aromatic carbocycles. The lowest BCUT2D eigenvalue weighted by atomic mass is 10.0. The van der Waals surface area contributed by atoms with E-state index in [9.17, 15) is 9.59 Å². The van der Waals surface area contributed by atoms with Gasteiger partial charge in [-0.25, -0.2) is 0 Å². The van der Waals surface area contributed by atoms with Gasteiger partial charge in [0.15, 0.2) is 11.5 Å². The number of amides is 2. The number of hydrogen-bond donors (Lipinski definition) is 1. The van der Waals surface area contributed by atoms with Gasteiger partial charge in [-0.1, -0.05) is 64.5 Å². The van der Waals surface area contributed by atoms with Gasteiger partial charge in [-0.05, 0) is 54.3 Å². The van der Waals surface area contributed by atoms with Crippen molar-refractivity contribution >= 4 is 27.7 Å². The van der Waals surface area contributed by atoms with Crippen LogP contribution in [-0.2, 0) is 29.0 Å². The van der Waals surface area contributed by atoms with Crippen LogP contribution in [0.5, 0.6) is 11.5 Å². The smallest absolute Gasteiger partial charge is 0.243 e. The predicted molar refractivity (Wildman–Crippen MR) is 145 cm³/mol. The zero-order chi connectivity index (χ0) is 25.9. The Morgan fingerprint density at radius 1 is 0.889 bits per heavy atom. The van der Waals surface area contributed by atoms with Crippen LogP contribution in [0.4, 0.5) is 0 Å². The third kappa shape index (κ3) is 7.59. The maximum absolute atomic E-state index is 13.7. The van der Waals surface area contributed by atoms with Crippen molar-refractivity contribution < 1.29 is 19.1 Å². The number of benzene rings is 3. The molecule has 0 bridgehead atoms. The van der Waals surface area contributed by atoms with Crippen molar-refractivity contribution in [2.24, 2.45) is 0 Å². The van der Waals surface area contributed by atoms with Gasteiger partial charge in [0.25, 0.3) is 0 Å². The fourth-order valence-corrected chi connectivity index (χ4v) is 4.56. The molecule has 0 fully saturated rings. The van der Waals surface area contributed by atoms with E-state index in [0.29, 0.717) is 37.4 Å². The predicted octanol–water partition coefficient (Wildman–Crippen LogP) is 5.18. The summed E-state index contributed by atoms with van der Waals surface area (Å²) in [5.41, 5.74) is 2.91. The molecule has 0 saturated carbocycles. The number of rotatable bonds is 12. The van der Waals surface area contributed by atoms with Crippen LogP contribution >= 0.6 is 15.9 Å². The molecule has 7 heteroatoms. The molecule has 1 atom stereocenters. The summed E-state index contributed by atoms with van der Waals surface area (Å²) in [5.74, 6) is 1.02. The van der Waals surface area contributed by atoms with Crippen LogP contribution in [0.3, 0.4) is 0 Å². The van der Waals surface area contributed by atoms with E-state index in [1.807, 2.05) is 79.7 Å². The van der Waals surface area contributed by atoms with Crippen LogP contribution in [0.2, 0.25) is 0 Å². The van der Waals surface area contributed by atoms with Crippen LogP contribution < -0.4 is 14.8 Å². The van der Waals surface area contributed by atoms with Gasteiger partial charge in [0, 0.05) is 30.4 Å². The quantitative estimate of drug-likeness (QED) is 0.336. The molecule has 2 amide bonds.